The fourth-order valence-electron chi connectivity index (χ4n) is 2.23. The predicted molar refractivity (Wildman–Crippen MR) is 78.3 cm³/mol. The number of nitrogens with one attached hydrogen (secondary N) is 2. The van der Waals surface area contributed by atoms with Gasteiger partial charge < -0.3 is 10.6 Å². The molecule has 0 fully saturated rings. The summed E-state index contributed by atoms with van der Waals surface area (Å²) in [6.07, 6.45) is 6.89. The van der Waals surface area contributed by atoms with E-state index in [0.717, 1.165) is 19.3 Å². The number of allylic oxidation sites excluding steroid dienone is 2. The van der Waals surface area contributed by atoms with Crippen LogP contribution in [0.25, 0.3) is 0 Å². The molecular weight excluding hydrogens is 252 g/mol. The van der Waals surface area contributed by atoms with E-state index in [1.807, 2.05) is 18.2 Å². The van der Waals surface area contributed by atoms with Gasteiger partial charge in [0.1, 0.15) is 0 Å². The highest BCUT2D eigenvalue weighted by molar-refractivity contribution is 5.94. The van der Waals surface area contributed by atoms with Gasteiger partial charge in [0.05, 0.1) is 0 Å². The van der Waals surface area contributed by atoms with Gasteiger partial charge in [0.15, 0.2) is 0 Å². The van der Waals surface area contributed by atoms with Crippen molar-refractivity contribution < 1.29 is 9.59 Å². The zero-order valence-corrected chi connectivity index (χ0v) is 11.5. The van der Waals surface area contributed by atoms with Crippen LogP contribution in [-0.4, -0.2) is 24.9 Å². The summed E-state index contributed by atoms with van der Waals surface area (Å²) in [5.41, 5.74) is 0.635. The van der Waals surface area contributed by atoms with Gasteiger partial charge >= 0.3 is 0 Å². The lowest BCUT2D eigenvalue weighted by Crippen LogP contribution is -2.37. The SMILES string of the molecule is O=C(NCCNC(=O)[C@@H]1CC=CCC1)c1ccccc1. The summed E-state index contributed by atoms with van der Waals surface area (Å²) < 4.78 is 0. The summed E-state index contributed by atoms with van der Waals surface area (Å²) in [6.45, 7) is 0.916. The molecule has 4 heteroatoms. The van der Waals surface area contributed by atoms with Gasteiger partial charge in [0.25, 0.3) is 5.91 Å². The highest BCUT2D eigenvalue weighted by Gasteiger charge is 2.17. The van der Waals surface area contributed by atoms with Crippen LogP contribution in [-0.2, 0) is 4.79 Å². The molecule has 0 bridgehead atoms. The molecule has 1 atom stereocenters. The quantitative estimate of drug-likeness (QED) is 0.635. The van der Waals surface area contributed by atoms with Crippen molar-refractivity contribution in [2.24, 2.45) is 5.92 Å². The molecule has 1 aliphatic rings. The molecule has 2 amide bonds. The molecule has 1 aromatic rings. The average Bonchev–Trinajstić information content (AvgIpc) is 2.53. The van der Waals surface area contributed by atoms with Crippen molar-refractivity contribution in [1.82, 2.24) is 10.6 Å². The highest BCUT2D eigenvalue weighted by Crippen LogP contribution is 2.17. The molecule has 0 unspecified atom stereocenters. The second kappa shape index (κ2) is 7.48. The minimum atomic E-state index is -0.111. The number of carbonyl (C=O) groups excluding carboxylic acids is 2. The van der Waals surface area contributed by atoms with E-state index in [9.17, 15) is 9.59 Å². The van der Waals surface area contributed by atoms with Crippen LogP contribution in [0.1, 0.15) is 29.6 Å². The van der Waals surface area contributed by atoms with Crippen LogP contribution in [0.3, 0.4) is 0 Å². The molecule has 0 saturated carbocycles. The smallest absolute Gasteiger partial charge is 0.251 e. The summed E-state index contributed by atoms with van der Waals surface area (Å²) in [5, 5.41) is 5.66. The first kappa shape index (κ1) is 14.3. The Kier molecular flexibility index (Phi) is 5.35. The largest absolute Gasteiger partial charge is 0.354 e. The van der Waals surface area contributed by atoms with Gasteiger partial charge in [-0.15, -0.1) is 0 Å². The fourth-order valence-corrected chi connectivity index (χ4v) is 2.23. The molecule has 0 saturated heterocycles. The first-order valence-electron chi connectivity index (χ1n) is 7.03. The molecule has 0 aromatic heterocycles. The Balaban J connectivity index is 1.65. The van der Waals surface area contributed by atoms with Crippen LogP contribution in [0.2, 0.25) is 0 Å². The minimum Gasteiger partial charge on any atom is -0.354 e. The summed E-state index contributed by atoms with van der Waals surface area (Å²) in [6, 6.07) is 9.06. The average molecular weight is 272 g/mol. The monoisotopic (exact) mass is 272 g/mol. The molecule has 2 N–H and O–H groups in total. The van der Waals surface area contributed by atoms with Gasteiger partial charge in [0, 0.05) is 24.6 Å². The molecule has 4 nitrogen and oxygen atoms in total. The van der Waals surface area contributed by atoms with E-state index in [-0.39, 0.29) is 17.7 Å². The molecule has 0 aliphatic heterocycles. The van der Waals surface area contributed by atoms with Gasteiger partial charge in [0.2, 0.25) is 5.91 Å². The van der Waals surface area contributed by atoms with Gasteiger partial charge in [-0.2, -0.15) is 0 Å². The zero-order chi connectivity index (χ0) is 14.2. The van der Waals surface area contributed by atoms with Gasteiger partial charge in [-0.1, -0.05) is 30.4 Å². The Morgan fingerprint density at radius 3 is 2.50 bits per heavy atom. The molecule has 106 valence electrons. The maximum atomic E-state index is 11.9. The maximum Gasteiger partial charge on any atom is 0.251 e. The van der Waals surface area contributed by atoms with E-state index in [2.05, 4.69) is 22.8 Å². The summed E-state index contributed by atoms with van der Waals surface area (Å²) in [5.74, 6) is 0.0635. The second-order valence-corrected chi connectivity index (χ2v) is 4.89. The van der Waals surface area contributed by atoms with Crippen molar-refractivity contribution in [3.8, 4) is 0 Å². The van der Waals surface area contributed by atoms with Crippen molar-refractivity contribution in [3.63, 3.8) is 0 Å². The molecule has 1 aromatic carbocycles. The Labute approximate surface area is 119 Å². The maximum absolute atomic E-state index is 11.9. The third-order valence-corrected chi connectivity index (χ3v) is 3.39. The number of amides is 2. The Bertz CT molecular complexity index is 483. The first-order valence-corrected chi connectivity index (χ1v) is 7.03. The second-order valence-electron chi connectivity index (χ2n) is 4.89. The molecule has 0 heterocycles. The van der Waals surface area contributed by atoms with Crippen molar-refractivity contribution >= 4 is 11.8 Å². The molecule has 1 aliphatic carbocycles. The van der Waals surface area contributed by atoms with E-state index in [1.165, 1.54) is 0 Å². The normalized spacial score (nSPS) is 17.5. The van der Waals surface area contributed by atoms with Gasteiger partial charge in [-0.05, 0) is 31.4 Å². The number of carbonyl (C=O) groups is 2. The van der Waals surface area contributed by atoms with E-state index >= 15 is 0 Å². The fraction of sp³-hybridized carbons (Fsp3) is 0.375. The third kappa shape index (κ3) is 4.23. The lowest BCUT2D eigenvalue weighted by Gasteiger charge is -2.17. The molecular formula is C16H20N2O2. The molecule has 20 heavy (non-hydrogen) atoms. The van der Waals surface area contributed by atoms with Gasteiger partial charge in [-0.25, -0.2) is 0 Å². The van der Waals surface area contributed by atoms with Gasteiger partial charge in [-0.3, -0.25) is 9.59 Å². The zero-order valence-electron chi connectivity index (χ0n) is 11.5. The Morgan fingerprint density at radius 2 is 1.80 bits per heavy atom. The van der Waals surface area contributed by atoms with Crippen LogP contribution in [0.5, 0.6) is 0 Å². The Morgan fingerprint density at radius 1 is 1.05 bits per heavy atom. The number of rotatable bonds is 5. The molecule has 0 spiro atoms. The van der Waals surface area contributed by atoms with E-state index in [0.29, 0.717) is 18.7 Å². The number of benzene rings is 1. The standard InChI is InChI=1S/C16H20N2O2/c19-15(13-7-3-1-4-8-13)17-11-12-18-16(20)14-9-5-2-6-10-14/h1-5,7-8,14H,6,9-12H2,(H,17,19)(H,18,20)/t14-/m1/s1. The molecule has 0 radical (unpaired) electrons. The number of hydrogen-bond acceptors (Lipinski definition) is 2. The highest BCUT2D eigenvalue weighted by atomic mass is 16.2. The van der Waals surface area contributed by atoms with Crippen molar-refractivity contribution in [2.45, 2.75) is 19.3 Å². The lowest BCUT2D eigenvalue weighted by molar-refractivity contribution is -0.125. The van der Waals surface area contributed by atoms with Crippen LogP contribution in [0.15, 0.2) is 42.5 Å². The van der Waals surface area contributed by atoms with Crippen LogP contribution < -0.4 is 10.6 Å². The van der Waals surface area contributed by atoms with Crippen LogP contribution in [0, 0.1) is 5.92 Å². The van der Waals surface area contributed by atoms with Crippen LogP contribution >= 0.6 is 0 Å². The van der Waals surface area contributed by atoms with E-state index in [4.69, 9.17) is 0 Å². The lowest BCUT2D eigenvalue weighted by atomic mass is 9.94. The van der Waals surface area contributed by atoms with Crippen molar-refractivity contribution in [3.05, 3.63) is 48.0 Å². The first-order chi connectivity index (χ1) is 9.77. The predicted octanol–water partition coefficient (Wildman–Crippen LogP) is 1.89. The van der Waals surface area contributed by atoms with E-state index in [1.54, 1.807) is 12.1 Å². The summed E-state index contributed by atoms with van der Waals surface area (Å²) in [7, 11) is 0. The third-order valence-electron chi connectivity index (χ3n) is 3.39. The van der Waals surface area contributed by atoms with Crippen LogP contribution in [0.4, 0.5) is 0 Å². The Hall–Kier alpha value is -2.10. The number of hydrogen-bond donors (Lipinski definition) is 2. The van der Waals surface area contributed by atoms with E-state index < -0.39 is 0 Å². The molecule has 2 rings (SSSR count). The van der Waals surface area contributed by atoms with Crippen molar-refractivity contribution in [1.29, 1.82) is 0 Å². The topological polar surface area (TPSA) is 58.2 Å². The summed E-state index contributed by atoms with van der Waals surface area (Å²) in [4.78, 5) is 23.6. The van der Waals surface area contributed by atoms with Crippen molar-refractivity contribution in [2.75, 3.05) is 13.1 Å². The minimum absolute atomic E-state index is 0.0864. The summed E-state index contributed by atoms with van der Waals surface area (Å²) >= 11 is 0.